The number of ether oxygens (including phenoxy) is 1. The molecule has 0 fully saturated rings. The number of rotatable bonds is 5. The molecule has 0 bridgehead atoms. The Balaban J connectivity index is 1.93. The van der Waals surface area contributed by atoms with Crippen molar-refractivity contribution in [3.05, 3.63) is 83.7 Å². The molecule has 0 aliphatic rings. The minimum Gasteiger partial charge on any atom is -0.465 e. The zero-order valence-corrected chi connectivity index (χ0v) is 13.7. The van der Waals surface area contributed by atoms with E-state index in [1.807, 2.05) is 24.3 Å². The van der Waals surface area contributed by atoms with Crippen LogP contribution in [0.2, 0.25) is 0 Å². The van der Waals surface area contributed by atoms with E-state index < -0.39 is 5.97 Å². The van der Waals surface area contributed by atoms with Crippen molar-refractivity contribution in [2.45, 2.75) is 6.42 Å². The summed E-state index contributed by atoms with van der Waals surface area (Å²) in [4.78, 5) is 19.0. The van der Waals surface area contributed by atoms with Crippen LogP contribution in [0.15, 0.2) is 61.1 Å². The van der Waals surface area contributed by atoms with Gasteiger partial charge in [-0.3, -0.25) is 0 Å². The van der Waals surface area contributed by atoms with Gasteiger partial charge in [0.15, 0.2) is 0 Å². The monoisotopic (exact) mass is 336 g/mol. The van der Waals surface area contributed by atoms with E-state index in [0.717, 1.165) is 23.2 Å². The van der Waals surface area contributed by atoms with Crippen molar-refractivity contribution in [2.75, 3.05) is 7.11 Å². The summed E-state index contributed by atoms with van der Waals surface area (Å²) in [5.41, 5.74) is 3.86. The number of nitrogens with zero attached hydrogens (tertiary/aromatic N) is 1. The maximum atomic E-state index is 13.2. The third-order valence-corrected chi connectivity index (χ3v) is 3.81. The summed E-state index contributed by atoms with van der Waals surface area (Å²) in [5, 5.41) is 0. The SMILES string of the molecule is COC(=O)c1ccc(/C=C/Cc2cnc[nH]2)cc1-c1ccc(F)cc1. The van der Waals surface area contributed by atoms with Crippen molar-refractivity contribution >= 4 is 12.0 Å². The van der Waals surface area contributed by atoms with E-state index in [1.54, 1.807) is 30.7 Å². The minimum absolute atomic E-state index is 0.320. The summed E-state index contributed by atoms with van der Waals surface area (Å²) in [6.45, 7) is 0. The summed E-state index contributed by atoms with van der Waals surface area (Å²) < 4.78 is 18.0. The topological polar surface area (TPSA) is 55.0 Å². The maximum absolute atomic E-state index is 13.2. The molecule has 0 saturated heterocycles. The predicted octanol–water partition coefficient (Wildman–Crippen LogP) is 4.26. The Hall–Kier alpha value is -3.21. The number of carbonyl (C=O) groups is 1. The molecule has 0 saturated carbocycles. The average Bonchev–Trinajstić information content (AvgIpc) is 3.15. The number of benzene rings is 2. The van der Waals surface area contributed by atoms with Gasteiger partial charge in [-0.05, 0) is 41.0 Å². The van der Waals surface area contributed by atoms with Crippen LogP contribution >= 0.6 is 0 Å². The fraction of sp³-hybridized carbons (Fsp3) is 0.100. The third-order valence-electron chi connectivity index (χ3n) is 3.81. The van der Waals surface area contributed by atoms with Gasteiger partial charge in [0.2, 0.25) is 0 Å². The lowest BCUT2D eigenvalue weighted by atomic mass is 9.97. The molecule has 0 amide bonds. The second-order valence-electron chi connectivity index (χ2n) is 5.49. The maximum Gasteiger partial charge on any atom is 0.338 e. The molecule has 3 rings (SSSR count). The molecule has 126 valence electrons. The number of H-pyrrole nitrogens is 1. The van der Waals surface area contributed by atoms with Gasteiger partial charge < -0.3 is 9.72 Å². The highest BCUT2D eigenvalue weighted by Crippen LogP contribution is 2.26. The molecule has 3 aromatic rings. The number of allylic oxidation sites excluding steroid dienone is 1. The van der Waals surface area contributed by atoms with Gasteiger partial charge in [0.1, 0.15) is 5.82 Å². The van der Waals surface area contributed by atoms with Gasteiger partial charge in [0.25, 0.3) is 0 Å². The van der Waals surface area contributed by atoms with Crippen molar-refractivity contribution in [1.29, 1.82) is 0 Å². The molecule has 2 aromatic carbocycles. The molecule has 0 spiro atoms. The number of methoxy groups -OCH3 is 1. The van der Waals surface area contributed by atoms with E-state index in [1.165, 1.54) is 19.2 Å². The molecule has 4 nitrogen and oxygen atoms in total. The highest BCUT2D eigenvalue weighted by Gasteiger charge is 2.13. The second-order valence-corrected chi connectivity index (χ2v) is 5.49. The van der Waals surface area contributed by atoms with E-state index in [4.69, 9.17) is 4.74 Å². The number of hydrogen-bond acceptors (Lipinski definition) is 3. The van der Waals surface area contributed by atoms with Crippen molar-refractivity contribution in [3.8, 4) is 11.1 Å². The zero-order valence-electron chi connectivity index (χ0n) is 13.7. The lowest BCUT2D eigenvalue weighted by Gasteiger charge is -2.09. The van der Waals surface area contributed by atoms with Crippen LogP contribution in [0.3, 0.4) is 0 Å². The number of aromatic amines is 1. The Morgan fingerprint density at radius 3 is 2.72 bits per heavy atom. The van der Waals surface area contributed by atoms with E-state index in [-0.39, 0.29) is 5.82 Å². The van der Waals surface area contributed by atoms with Gasteiger partial charge in [-0.25, -0.2) is 14.2 Å². The van der Waals surface area contributed by atoms with Crippen molar-refractivity contribution in [3.63, 3.8) is 0 Å². The second kappa shape index (κ2) is 7.57. The van der Waals surface area contributed by atoms with Gasteiger partial charge in [-0.2, -0.15) is 0 Å². The number of aromatic nitrogens is 2. The lowest BCUT2D eigenvalue weighted by molar-refractivity contribution is 0.0601. The van der Waals surface area contributed by atoms with Crippen molar-refractivity contribution < 1.29 is 13.9 Å². The van der Waals surface area contributed by atoms with Gasteiger partial charge >= 0.3 is 5.97 Å². The Morgan fingerprint density at radius 1 is 1.24 bits per heavy atom. The van der Waals surface area contributed by atoms with Crippen LogP contribution in [-0.4, -0.2) is 23.0 Å². The lowest BCUT2D eigenvalue weighted by Crippen LogP contribution is -2.03. The fourth-order valence-corrected chi connectivity index (χ4v) is 2.54. The summed E-state index contributed by atoms with van der Waals surface area (Å²) in [6, 6.07) is 11.5. The van der Waals surface area contributed by atoms with Crippen LogP contribution in [0.1, 0.15) is 21.6 Å². The fourth-order valence-electron chi connectivity index (χ4n) is 2.54. The van der Waals surface area contributed by atoms with Crippen molar-refractivity contribution in [2.24, 2.45) is 0 Å². The Kier molecular flexibility index (Phi) is 5.04. The molecule has 0 atom stereocenters. The highest BCUT2D eigenvalue weighted by atomic mass is 19.1. The molecule has 1 N–H and O–H groups in total. The highest BCUT2D eigenvalue weighted by molar-refractivity contribution is 5.97. The smallest absolute Gasteiger partial charge is 0.338 e. The van der Waals surface area contributed by atoms with E-state index in [9.17, 15) is 9.18 Å². The number of imidazole rings is 1. The quantitative estimate of drug-likeness (QED) is 0.708. The molecule has 1 heterocycles. The van der Waals surface area contributed by atoms with Crippen LogP contribution in [0, 0.1) is 5.82 Å². The normalized spacial score (nSPS) is 11.0. The average molecular weight is 336 g/mol. The molecule has 5 heteroatoms. The van der Waals surface area contributed by atoms with Gasteiger partial charge in [0.05, 0.1) is 19.0 Å². The Bertz CT molecular complexity index is 885. The first-order chi connectivity index (χ1) is 12.2. The number of halogens is 1. The zero-order chi connectivity index (χ0) is 17.6. The molecule has 0 aliphatic heterocycles. The predicted molar refractivity (Wildman–Crippen MR) is 94.5 cm³/mol. The summed E-state index contributed by atoms with van der Waals surface area (Å²) in [7, 11) is 1.34. The number of carbonyl (C=O) groups excluding carboxylic acids is 1. The van der Waals surface area contributed by atoms with Gasteiger partial charge in [-0.1, -0.05) is 30.4 Å². The third kappa shape index (κ3) is 4.01. The minimum atomic E-state index is -0.424. The van der Waals surface area contributed by atoms with E-state index >= 15 is 0 Å². The molecular weight excluding hydrogens is 319 g/mol. The Labute approximate surface area is 145 Å². The summed E-state index contributed by atoms with van der Waals surface area (Å²) >= 11 is 0. The standard InChI is InChI=1S/C20H17FN2O2/c1-25-20(24)18-10-5-14(3-2-4-17-12-22-13-23-17)11-19(18)15-6-8-16(21)9-7-15/h2-3,5-13H,4H2,1H3,(H,22,23)/b3-2+. The summed E-state index contributed by atoms with van der Waals surface area (Å²) in [6.07, 6.45) is 8.12. The number of hydrogen-bond donors (Lipinski definition) is 1. The van der Waals surface area contributed by atoms with E-state index in [0.29, 0.717) is 11.1 Å². The first kappa shape index (κ1) is 16.6. The molecular formula is C20H17FN2O2. The van der Waals surface area contributed by atoms with Crippen LogP contribution in [0.25, 0.3) is 17.2 Å². The first-order valence-corrected chi connectivity index (χ1v) is 7.79. The number of nitrogens with one attached hydrogen (secondary N) is 1. The molecule has 1 aromatic heterocycles. The van der Waals surface area contributed by atoms with Gasteiger partial charge in [-0.15, -0.1) is 0 Å². The van der Waals surface area contributed by atoms with E-state index in [2.05, 4.69) is 9.97 Å². The molecule has 0 unspecified atom stereocenters. The van der Waals surface area contributed by atoms with Crippen LogP contribution in [-0.2, 0) is 11.2 Å². The van der Waals surface area contributed by atoms with Crippen LogP contribution < -0.4 is 0 Å². The molecule has 0 aliphatic carbocycles. The molecule has 25 heavy (non-hydrogen) atoms. The van der Waals surface area contributed by atoms with Gasteiger partial charge in [0, 0.05) is 18.3 Å². The van der Waals surface area contributed by atoms with Crippen LogP contribution in [0.5, 0.6) is 0 Å². The molecule has 0 radical (unpaired) electrons. The Morgan fingerprint density at radius 2 is 2.04 bits per heavy atom. The van der Waals surface area contributed by atoms with Crippen molar-refractivity contribution in [1.82, 2.24) is 9.97 Å². The number of esters is 1. The first-order valence-electron chi connectivity index (χ1n) is 7.79. The van der Waals surface area contributed by atoms with Crippen LogP contribution in [0.4, 0.5) is 4.39 Å². The summed E-state index contributed by atoms with van der Waals surface area (Å²) in [5.74, 6) is -0.744. The largest absolute Gasteiger partial charge is 0.465 e.